The van der Waals surface area contributed by atoms with Crippen molar-refractivity contribution in [3.05, 3.63) is 71.7 Å². The second-order valence-electron chi connectivity index (χ2n) is 8.96. The molecule has 4 rings (SSSR count). The zero-order chi connectivity index (χ0) is 26.5. The number of aliphatic imine (C=N–C) groups is 1. The third-order valence-electron chi connectivity index (χ3n) is 6.29. The van der Waals surface area contributed by atoms with Crippen molar-refractivity contribution in [1.29, 1.82) is 0 Å². The topological polar surface area (TPSA) is 110 Å². The fourth-order valence-corrected chi connectivity index (χ4v) is 4.61. The molecule has 1 N–H and O–H groups in total. The molecule has 9 heteroatoms. The number of hydrogen-bond acceptors (Lipinski definition) is 6. The number of nitrogens with zero attached hydrogens (tertiary/aromatic N) is 5. The monoisotopic (exact) mass is 498 g/mol. The van der Waals surface area contributed by atoms with Gasteiger partial charge in [0.2, 0.25) is 11.8 Å². The fraction of sp³-hybridized carbons (Fsp3) is 0.286. The fourth-order valence-electron chi connectivity index (χ4n) is 4.61. The zero-order valence-corrected chi connectivity index (χ0v) is 21.3. The van der Waals surface area contributed by atoms with Crippen LogP contribution in [0.2, 0.25) is 0 Å². The average molecular weight is 499 g/mol. The number of carbonyl (C=O) groups excluding carboxylic acids is 3. The first-order chi connectivity index (χ1) is 17.8. The summed E-state index contributed by atoms with van der Waals surface area (Å²) in [5.74, 6) is -0.232. The van der Waals surface area contributed by atoms with E-state index in [1.807, 2.05) is 56.3 Å². The third kappa shape index (κ3) is 5.55. The van der Waals surface area contributed by atoms with Crippen molar-refractivity contribution in [1.82, 2.24) is 19.7 Å². The molecule has 1 atom stereocenters. The molecule has 0 unspecified atom stereocenters. The van der Waals surface area contributed by atoms with Gasteiger partial charge in [-0.05, 0) is 68.8 Å². The smallest absolute Gasteiger partial charge is 0.248 e. The van der Waals surface area contributed by atoms with Crippen LogP contribution in [0, 0.1) is 6.92 Å². The molecule has 0 bridgehead atoms. The predicted octanol–water partition coefficient (Wildman–Crippen LogP) is 4.19. The molecule has 9 nitrogen and oxygen atoms in total. The molecule has 2 aromatic heterocycles. The van der Waals surface area contributed by atoms with E-state index in [9.17, 15) is 14.4 Å². The van der Waals surface area contributed by atoms with Crippen LogP contribution in [0.4, 0.5) is 5.82 Å². The quantitative estimate of drug-likeness (QED) is 0.285. The van der Waals surface area contributed by atoms with E-state index < -0.39 is 6.04 Å². The van der Waals surface area contributed by atoms with Crippen LogP contribution < -0.4 is 5.32 Å². The van der Waals surface area contributed by atoms with E-state index >= 15 is 0 Å². The van der Waals surface area contributed by atoms with Gasteiger partial charge in [0.05, 0.1) is 5.52 Å². The number of aryl methyl sites for hydroxylation is 1. The highest BCUT2D eigenvalue weighted by Crippen LogP contribution is 2.26. The second kappa shape index (κ2) is 11.1. The SMILES string of the molecule is C=N/C=C(\C=C/C)c1ccc2c(c1)c(C(C)=O)nn2CC(=O)N1CCC[C@H]1C(=O)Nc1cccc(C)n1. The van der Waals surface area contributed by atoms with Crippen LogP contribution >= 0.6 is 0 Å². The molecule has 0 radical (unpaired) electrons. The van der Waals surface area contributed by atoms with Gasteiger partial charge in [0.15, 0.2) is 5.78 Å². The standard InChI is InChI=1S/C28H30N6O3/c1-5-8-21(16-29-4)20-12-13-23-22(15-20)27(19(3)35)32-34(23)17-26(36)33-14-7-10-24(33)28(37)31-25-11-6-9-18(2)30-25/h5-6,8-9,11-13,15-16,24H,4,7,10,14,17H2,1-3H3,(H,30,31,37)/b8-5-,21-16+/t24-/m0/s1. The van der Waals surface area contributed by atoms with E-state index in [2.05, 4.69) is 27.1 Å². The van der Waals surface area contributed by atoms with Gasteiger partial charge in [-0.1, -0.05) is 24.3 Å². The normalized spacial score (nSPS) is 15.9. The number of likely N-dealkylation sites (tertiary alicyclic amines) is 1. The highest BCUT2D eigenvalue weighted by molar-refractivity contribution is 6.06. The lowest BCUT2D eigenvalue weighted by molar-refractivity contribution is -0.137. The minimum absolute atomic E-state index is 0.0820. The van der Waals surface area contributed by atoms with E-state index in [0.717, 1.165) is 23.3 Å². The summed E-state index contributed by atoms with van der Waals surface area (Å²) in [5, 5.41) is 7.95. The second-order valence-corrected chi connectivity index (χ2v) is 8.96. The van der Waals surface area contributed by atoms with Crippen molar-refractivity contribution >= 4 is 46.6 Å². The number of fused-ring (bicyclic) bond motifs is 1. The van der Waals surface area contributed by atoms with E-state index in [-0.39, 0.29) is 29.8 Å². The van der Waals surface area contributed by atoms with Gasteiger partial charge in [-0.15, -0.1) is 0 Å². The molecule has 0 spiro atoms. The first-order valence-corrected chi connectivity index (χ1v) is 12.2. The Kier molecular flexibility index (Phi) is 7.71. The molecule has 0 saturated carbocycles. The number of pyridine rings is 1. The van der Waals surface area contributed by atoms with Crippen LogP contribution in [0.25, 0.3) is 16.5 Å². The van der Waals surface area contributed by atoms with Crippen LogP contribution in [0.5, 0.6) is 0 Å². The number of hydrogen-bond donors (Lipinski definition) is 1. The molecule has 3 aromatic rings. The van der Waals surface area contributed by atoms with Crippen LogP contribution in [0.15, 0.2) is 59.7 Å². The van der Waals surface area contributed by atoms with Crippen molar-refractivity contribution in [3.63, 3.8) is 0 Å². The highest BCUT2D eigenvalue weighted by Gasteiger charge is 2.34. The molecule has 3 heterocycles. The van der Waals surface area contributed by atoms with Gasteiger partial charge in [0, 0.05) is 30.7 Å². The lowest BCUT2D eigenvalue weighted by Gasteiger charge is -2.24. The third-order valence-corrected chi connectivity index (χ3v) is 6.29. The Morgan fingerprint density at radius 3 is 2.76 bits per heavy atom. The van der Waals surface area contributed by atoms with Gasteiger partial charge in [-0.2, -0.15) is 5.10 Å². The maximum Gasteiger partial charge on any atom is 0.248 e. The number of benzene rings is 1. The summed E-state index contributed by atoms with van der Waals surface area (Å²) in [4.78, 5) is 48.5. The van der Waals surface area contributed by atoms with Gasteiger partial charge < -0.3 is 10.2 Å². The summed E-state index contributed by atoms with van der Waals surface area (Å²) in [6.07, 6.45) is 6.75. The molecular weight excluding hydrogens is 468 g/mol. The number of allylic oxidation sites excluding steroid dienone is 3. The average Bonchev–Trinajstić information content (AvgIpc) is 3.49. The van der Waals surface area contributed by atoms with Crippen molar-refractivity contribution in [2.75, 3.05) is 11.9 Å². The van der Waals surface area contributed by atoms with E-state index in [0.29, 0.717) is 29.7 Å². The zero-order valence-electron chi connectivity index (χ0n) is 21.3. The van der Waals surface area contributed by atoms with Gasteiger partial charge in [-0.25, -0.2) is 4.98 Å². The predicted molar refractivity (Wildman–Crippen MR) is 144 cm³/mol. The van der Waals surface area contributed by atoms with Crippen molar-refractivity contribution in [2.24, 2.45) is 4.99 Å². The molecular formula is C28H30N6O3. The summed E-state index contributed by atoms with van der Waals surface area (Å²) in [6.45, 7) is 9.14. The number of anilines is 1. The maximum absolute atomic E-state index is 13.4. The first-order valence-electron chi connectivity index (χ1n) is 12.2. The Labute approximate surface area is 215 Å². The number of rotatable bonds is 8. The molecule has 1 aliphatic heterocycles. The maximum atomic E-state index is 13.4. The summed E-state index contributed by atoms with van der Waals surface area (Å²) < 4.78 is 1.54. The Morgan fingerprint density at radius 1 is 1.24 bits per heavy atom. The lowest BCUT2D eigenvalue weighted by Crippen LogP contribution is -2.44. The van der Waals surface area contributed by atoms with Gasteiger partial charge in [0.1, 0.15) is 24.1 Å². The van der Waals surface area contributed by atoms with Gasteiger partial charge in [-0.3, -0.25) is 24.1 Å². The van der Waals surface area contributed by atoms with Crippen LogP contribution in [0.3, 0.4) is 0 Å². The molecule has 2 amide bonds. The van der Waals surface area contributed by atoms with Crippen LogP contribution in [-0.4, -0.2) is 56.6 Å². The molecule has 1 aromatic carbocycles. The summed E-state index contributed by atoms with van der Waals surface area (Å²) in [7, 11) is 0. The number of carbonyl (C=O) groups is 3. The largest absolute Gasteiger partial charge is 0.329 e. The lowest BCUT2D eigenvalue weighted by atomic mass is 10.0. The number of amides is 2. The number of nitrogens with one attached hydrogen (secondary N) is 1. The number of aromatic nitrogens is 3. The Hall–Kier alpha value is -4.40. The molecule has 190 valence electrons. The Bertz CT molecular complexity index is 1430. The number of Topliss-reactive ketones (excluding diaryl/α,β-unsaturated/α-hetero) is 1. The van der Waals surface area contributed by atoms with Crippen molar-refractivity contribution in [2.45, 2.75) is 46.2 Å². The van der Waals surface area contributed by atoms with E-state index in [1.165, 1.54) is 6.92 Å². The minimum Gasteiger partial charge on any atom is -0.329 e. The molecule has 0 aliphatic carbocycles. The van der Waals surface area contributed by atoms with Crippen LogP contribution in [0.1, 0.15) is 48.4 Å². The number of ketones is 1. The summed E-state index contributed by atoms with van der Waals surface area (Å²) >= 11 is 0. The van der Waals surface area contributed by atoms with Gasteiger partial charge >= 0.3 is 0 Å². The Balaban J connectivity index is 1.59. The molecule has 1 aliphatic rings. The Morgan fingerprint density at radius 2 is 2.05 bits per heavy atom. The van der Waals surface area contributed by atoms with E-state index in [4.69, 9.17) is 0 Å². The van der Waals surface area contributed by atoms with E-state index in [1.54, 1.807) is 21.8 Å². The molecule has 37 heavy (non-hydrogen) atoms. The summed E-state index contributed by atoms with van der Waals surface area (Å²) in [6, 6.07) is 10.4. The minimum atomic E-state index is -0.588. The molecule has 1 saturated heterocycles. The molecule has 1 fully saturated rings. The van der Waals surface area contributed by atoms with Crippen molar-refractivity contribution in [3.8, 4) is 0 Å². The van der Waals surface area contributed by atoms with Crippen molar-refractivity contribution < 1.29 is 14.4 Å². The van der Waals surface area contributed by atoms with Crippen LogP contribution in [-0.2, 0) is 16.1 Å². The highest BCUT2D eigenvalue weighted by atomic mass is 16.2. The summed E-state index contributed by atoms with van der Waals surface area (Å²) in [5.41, 5.74) is 3.44. The first kappa shape index (κ1) is 25.7. The van der Waals surface area contributed by atoms with Gasteiger partial charge in [0.25, 0.3) is 0 Å².